The molecule has 13 heavy (non-hydrogen) atoms. The van der Waals surface area contributed by atoms with Crippen molar-refractivity contribution in [2.75, 3.05) is 5.75 Å². The Labute approximate surface area is 89.1 Å². The predicted molar refractivity (Wildman–Crippen MR) is 56.1 cm³/mol. The van der Waals surface area contributed by atoms with Gasteiger partial charge in [-0.15, -0.1) is 0 Å². The molecule has 1 aromatic heterocycles. The molecule has 1 rings (SSSR count). The van der Waals surface area contributed by atoms with Crippen molar-refractivity contribution in [1.29, 1.82) is 0 Å². The Morgan fingerprint density at radius 1 is 1.69 bits per heavy atom. The topological polar surface area (TPSA) is 56.0 Å². The molecule has 4 nitrogen and oxygen atoms in total. The van der Waals surface area contributed by atoms with Gasteiger partial charge in [0, 0.05) is 23.2 Å². The van der Waals surface area contributed by atoms with E-state index in [1.807, 2.05) is 0 Å². The van der Waals surface area contributed by atoms with Crippen LogP contribution in [0.1, 0.15) is 5.69 Å². The van der Waals surface area contributed by atoms with Crippen LogP contribution < -0.4 is 0 Å². The first-order valence-corrected chi connectivity index (χ1v) is 4.97. The molecule has 0 saturated carbocycles. The smallest absolute Gasteiger partial charge is 0.258 e. The molecule has 6 heteroatoms. The Balaban J connectivity index is 3.10. The maximum absolute atomic E-state index is 10.6. The van der Waals surface area contributed by atoms with Crippen LogP contribution in [0.3, 0.4) is 0 Å². The van der Waals surface area contributed by atoms with E-state index in [0.717, 1.165) is 0 Å². The van der Waals surface area contributed by atoms with Crippen molar-refractivity contribution in [1.82, 2.24) is 4.98 Å². The van der Waals surface area contributed by atoms with Crippen molar-refractivity contribution in [2.45, 2.75) is 6.42 Å². The lowest BCUT2D eigenvalue weighted by Crippen LogP contribution is -1.99. The summed E-state index contributed by atoms with van der Waals surface area (Å²) in [6, 6.07) is 1.45. The molecule has 0 aromatic carbocycles. The zero-order chi connectivity index (χ0) is 9.84. The number of nitrogens with zero attached hydrogens (tertiary/aromatic N) is 2. The van der Waals surface area contributed by atoms with Crippen LogP contribution in [0.4, 0.5) is 5.69 Å². The predicted octanol–water partition coefficient (Wildman–Crippen LogP) is 2.22. The van der Waals surface area contributed by atoms with E-state index in [4.69, 9.17) is 0 Å². The van der Waals surface area contributed by atoms with Crippen molar-refractivity contribution in [2.24, 2.45) is 0 Å². The Morgan fingerprint density at radius 2 is 2.38 bits per heavy atom. The van der Waals surface area contributed by atoms with E-state index in [0.29, 0.717) is 22.3 Å². The van der Waals surface area contributed by atoms with E-state index in [9.17, 15) is 10.1 Å². The quantitative estimate of drug-likeness (QED) is 0.517. The SMILES string of the molecule is O=[N+]([O-])c1cc(Br)cnc1CCS. The van der Waals surface area contributed by atoms with Crippen LogP contribution >= 0.6 is 28.6 Å². The van der Waals surface area contributed by atoms with Crippen molar-refractivity contribution < 1.29 is 4.92 Å². The number of aryl methyl sites for hydroxylation is 1. The second-order valence-electron chi connectivity index (χ2n) is 2.35. The first kappa shape index (κ1) is 10.5. The third-order valence-electron chi connectivity index (χ3n) is 1.46. The maximum atomic E-state index is 10.6. The van der Waals surface area contributed by atoms with Crippen molar-refractivity contribution >= 4 is 34.2 Å². The molecule has 0 aliphatic heterocycles. The summed E-state index contributed by atoms with van der Waals surface area (Å²) in [5.41, 5.74) is 0.520. The fourth-order valence-electron chi connectivity index (χ4n) is 0.914. The lowest BCUT2D eigenvalue weighted by molar-refractivity contribution is -0.386. The molecule has 0 fully saturated rings. The fraction of sp³-hybridized carbons (Fsp3) is 0.286. The number of nitro groups is 1. The van der Waals surface area contributed by atoms with Crippen LogP contribution in [0, 0.1) is 10.1 Å². The Hall–Kier alpha value is -0.620. The number of hydrogen-bond donors (Lipinski definition) is 1. The summed E-state index contributed by atoms with van der Waals surface area (Å²) in [5, 5.41) is 10.6. The first-order chi connectivity index (χ1) is 6.15. The normalized spacial score (nSPS) is 10.0. The second-order valence-corrected chi connectivity index (χ2v) is 3.71. The highest BCUT2D eigenvalue weighted by Crippen LogP contribution is 2.21. The van der Waals surface area contributed by atoms with Gasteiger partial charge in [-0.1, -0.05) is 0 Å². The molecular weight excluding hydrogens is 256 g/mol. The van der Waals surface area contributed by atoms with E-state index in [1.54, 1.807) is 6.20 Å². The van der Waals surface area contributed by atoms with Crippen LogP contribution in [-0.4, -0.2) is 15.7 Å². The van der Waals surface area contributed by atoms with Gasteiger partial charge >= 0.3 is 0 Å². The molecular formula is C7H7BrN2O2S. The highest BCUT2D eigenvalue weighted by Gasteiger charge is 2.14. The molecule has 0 aliphatic carbocycles. The van der Waals surface area contributed by atoms with Gasteiger partial charge < -0.3 is 0 Å². The van der Waals surface area contributed by atoms with Gasteiger partial charge in [-0.3, -0.25) is 15.1 Å². The molecule has 1 heterocycles. The molecule has 0 radical (unpaired) electrons. The highest BCUT2D eigenvalue weighted by atomic mass is 79.9. The van der Waals surface area contributed by atoms with E-state index >= 15 is 0 Å². The summed E-state index contributed by atoms with van der Waals surface area (Å²) >= 11 is 7.13. The van der Waals surface area contributed by atoms with Crippen molar-refractivity contribution in [3.05, 3.63) is 32.5 Å². The van der Waals surface area contributed by atoms with Crippen LogP contribution in [0.2, 0.25) is 0 Å². The molecule has 0 spiro atoms. The van der Waals surface area contributed by atoms with Gasteiger partial charge in [-0.25, -0.2) is 0 Å². The molecule has 0 saturated heterocycles. The maximum Gasteiger partial charge on any atom is 0.291 e. The number of pyridine rings is 1. The van der Waals surface area contributed by atoms with Crippen LogP contribution in [0.5, 0.6) is 0 Å². The number of rotatable bonds is 3. The van der Waals surface area contributed by atoms with Gasteiger partial charge in [-0.2, -0.15) is 12.6 Å². The van der Waals surface area contributed by atoms with Gasteiger partial charge in [0.25, 0.3) is 5.69 Å². The van der Waals surface area contributed by atoms with E-state index in [2.05, 4.69) is 33.5 Å². The number of aromatic nitrogens is 1. The van der Waals surface area contributed by atoms with E-state index in [1.165, 1.54) is 6.07 Å². The zero-order valence-corrected chi connectivity index (χ0v) is 9.09. The van der Waals surface area contributed by atoms with Gasteiger partial charge in [0.1, 0.15) is 5.69 Å². The van der Waals surface area contributed by atoms with Crippen molar-refractivity contribution in [3.63, 3.8) is 0 Å². The summed E-state index contributed by atoms with van der Waals surface area (Å²) in [7, 11) is 0. The molecule has 0 aliphatic rings. The third kappa shape index (κ3) is 2.67. The summed E-state index contributed by atoms with van der Waals surface area (Å²) in [5.74, 6) is 0.551. The summed E-state index contributed by atoms with van der Waals surface area (Å²) in [6.45, 7) is 0. The Kier molecular flexibility index (Phi) is 3.68. The zero-order valence-electron chi connectivity index (χ0n) is 6.61. The third-order valence-corrected chi connectivity index (χ3v) is 2.12. The molecule has 0 atom stereocenters. The lowest BCUT2D eigenvalue weighted by Gasteiger charge is -1.99. The summed E-state index contributed by atoms with van der Waals surface area (Å²) in [6.07, 6.45) is 2.05. The average Bonchev–Trinajstić information content (AvgIpc) is 2.08. The molecule has 70 valence electrons. The molecule has 0 N–H and O–H groups in total. The second kappa shape index (κ2) is 4.57. The minimum atomic E-state index is -0.434. The van der Waals surface area contributed by atoms with Gasteiger partial charge in [-0.05, 0) is 21.7 Å². The van der Waals surface area contributed by atoms with Crippen molar-refractivity contribution in [3.8, 4) is 0 Å². The Morgan fingerprint density at radius 3 is 2.92 bits per heavy atom. The first-order valence-electron chi connectivity index (χ1n) is 3.55. The lowest BCUT2D eigenvalue weighted by atomic mass is 10.2. The number of halogens is 1. The summed E-state index contributed by atoms with van der Waals surface area (Å²) < 4.78 is 0.613. The van der Waals surface area contributed by atoms with E-state index < -0.39 is 4.92 Å². The minimum absolute atomic E-state index is 0.0448. The molecule has 0 amide bonds. The van der Waals surface area contributed by atoms with Gasteiger partial charge in [0.15, 0.2) is 0 Å². The molecule has 0 bridgehead atoms. The summed E-state index contributed by atoms with van der Waals surface area (Å²) in [4.78, 5) is 14.1. The number of hydrogen-bond acceptors (Lipinski definition) is 4. The highest BCUT2D eigenvalue weighted by molar-refractivity contribution is 9.10. The largest absolute Gasteiger partial charge is 0.291 e. The van der Waals surface area contributed by atoms with Crippen LogP contribution in [0.15, 0.2) is 16.7 Å². The minimum Gasteiger partial charge on any atom is -0.258 e. The monoisotopic (exact) mass is 262 g/mol. The van der Waals surface area contributed by atoms with Crippen LogP contribution in [-0.2, 0) is 6.42 Å². The van der Waals surface area contributed by atoms with Gasteiger partial charge in [0.2, 0.25) is 0 Å². The van der Waals surface area contributed by atoms with Crippen LogP contribution in [0.25, 0.3) is 0 Å². The van der Waals surface area contributed by atoms with Gasteiger partial charge in [0.05, 0.1) is 4.92 Å². The van der Waals surface area contributed by atoms with E-state index in [-0.39, 0.29) is 5.69 Å². The Bertz CT molecular complexity index is 332. The molecule has 0 unspecified atom stereocenters. The average molecular weight is 263 g/mol. The number of thiol groups is 1. The molecule has 1 aromatic rings. The fourth-order valence-corrected chi connectivity index (χ4v) is 1.44. The standard InChI is InChI=1S/C7H7BrN2O2S/c8-5-3-7(10(11)12)6(1-2-13)9-4-5/h3-4,13H,1-2H2.